The van der Waals surface area contributed by atoms with Gasteiger partial charge in [-0.3, -0.25) is 9.10 Å². The Labute approximate surface area is 212 Å². The SMILES string of the molecule is COc1ccc(S(=O)(=O)N(CC(=O)NCc2ccc(N3CCOCC3)cc2)c2ccc(C)cc2)cc1. The minimum Gasteiger partial charge on any atom is -0.497 e. The Balaban J connectivity index is 1.46. The fourth-order valence-electron chi connectivity index (χ4n) is 3.93. The van der Waals surface area contributed by atoms with Crippen molar-refractivity contribution in [2.45, 2.75) is 18.4 Å². The van der Waals surface area contributed by atoms with Gasteiger partial charge in [-0.1, -0.05) is 29.8 Å². The van der Waals surface area contributed by atoms with Crippen LogP contribution in [-0.4, -0.2) is 54.3 Å². The topological polar surface area (TPSA) is 88.2 Å². The fraction of sp³-hybridized carbons (Fsp3) is 0.296. The maximum atomic E-state index is 13.5. The number of amides is 1. The number of morpholine rings is 1. The van der Waals surface area contributed by atoms with E-state index in [1.165, 1.54) is 19.2 Å². The summed E-state index contributed by atoms with van der Waals surface area (Å²) < 4.78 is 38.7. The molecular weight excluding hydrogens is 478 g/mol. The number of carbonyl (C=O) groups excluding carboxylic acids is 1. The molecule has 4 rings (SSSR count). The first-order chi connectivity index (χ1) is 17.4. The summed E-state index contributed by atoms with van der Waals surface area (Å²) in [6.07, 6.45) is 0. The molecule has 36 heavy (non-hydrogen) atoms. The number of ether oxygens (including phenoxy) is 2. The Morgan fingerprint density at radius 3 is 2.22 bits per heavy atom. The lowest BCUT2D eigenvalue weighted by Gasteiger charge is -2.29. The van der Waals surface area contributed by atoms with E-state index in [-0.39, 0.29) is 11.4 Å². The van der Waals surface area contributed by atoms with Gasteiger partial charge in [-0.05, 0) is 61.0 Å². The number of hydrogen-bond donors (Lipinski definition) is 1. The van der Waals surface area contributed by atoms with Crippen molar-refractivity contribution < 1.29 is 22.7 Å². The Morgan fingerprint density at radius 2 is 1.61 bits per heavy atom. The molecule has 0 aliphatic carbocycles. The molecule has 0 radical (unpaired) electrons. The van der Waals surface area contributed by atoms with Gasteiger partial charge in [-0.2, -0.15) is 0 Å². The van der Waals surface area contributed by atoms with Crippen LogP contribution in [0.5, 0.6) is 5.75 Å². The third kappa shape index (κ3) is 6.16. The van der Waals surface area contributed by atoms with E-state index in [0.717, 1.165) is 34.2 Å². The second-order valence-electron chi connectivity index (χ2n) is 8.57. The Bertz CT molecular complexity index is 1250. The van der Waals surface area contributed by atoms with Gasteiger partial charge in [0.2, 0.25) is 5.91 Å². The van der Waals surface area contributed by atoms with E-state index in [0.29, 0.717) is 31.2 Å². The predicted octanol–water partition coefficient (Wildman–Crippen LogP) is 3.35. The molecule has 1 amide bonds. The Hall–Kier alpha value is -3.56. The zero-order valence-electron chi connectivity index (χ0n) is 20.5. The van der Waals surface area contributed by atoms with E-state index in [9.17, 15) is 13.2 Å². The van der Waals surface area contributed by atoms with Gasteiger partial charge in [0, 0.05) is 25.3 Å². The van der Waals surface area contributed by atoms with Crippen molar-refractivity contribution in [2.24, 2.45) is 0 Å². The van der Waals surface area contributed by atoms with Crippen LogP contribution < -0.4 is 19.3 Å². The van der Waals surface area contributed by atoms with Crippen molar-refractivity contribution >= 4 is 27.3 Å². The number of hydrogen-bond acceptors (Lipinski definition) is 6. The maximum absolute atomic E-state index is 13.5. The molecule has 1 N–H and O–H groups in total. The van der Waals surface area contributed by atoms with Crippen LogP contribution in [0.2, 0.25) is 0 Å². The average molecular weight is 510 g/mol. The van der Waals surface area contributed by atoms with Crippen molar-refractivity contribution in [3.8, 4) is 5.75 Å². The number of sulfonamides is 1. The van der Waals surface area contributed by atoms with E-state index >= 15 is 0 Å². The molecule has 1 aliphatic heterocycles. The molecule has 8 nitrogen and oxygen atoms in total. The first kappa shape index (κ1) is 25.5. The third-order valence-electron chi connectivity index (χ3n) is 6.06. The van der Waals surface area contributed by atoms with E-state index in [1.54, 1.807) is 24.3 Å². The van der Waals surface area contributed by atoms with Gasteiger partial charge in [-0.15, -0.1) is 0 Å². The molecule has 9 heteroatoms. The summed E-state index contributed by atoms with van der Waals surface area (Å²) in [5.74, 6) is 0.151. The lowest BCUT2D eigenvalue weighted by molar-refractivity contribution is -0.119. The molecule has 0 bridgehead atoms. The first-order valence-electron chi connectivity index (χ1n) is 11.8. The molecule has 1 aliphatic rings. The molecule has 1 saturated heterocycles. The molecule has 0 aromatic heterocycles. The van der Waals surface area contributed by atoms with E-state index < -0.39 is 15.9 Å². The van der Waals surface area contributed by atoms with Gasteiger partial charge in [0.05, 0.1) is 30.9 Å². The molecular formula is C27H31N3O5S. The van der Waals surface area contributed by atoms with Crippen LogP contribution in [0.3, 0.4) is 0 Å². The number of nitrogens with one attached hydrogen (secondary N) is 1. The van der Waals surface area contributed by atoms with Crippen molar-refractivity contribution in [2.75, 3.05) is 49.2 Å². The maximum Gasteiger partial charge on any atom is 0.264 e. The van der Waals surface area contributed by atoms with Crippen molar-refractivity contribution in [3.05, 3.63) is 83.9 Å². The van der Waals surface area contributed by atoms with Crippen molar-refractivity contribution in [1.82, 2.24) is 5.32 Å². The smallest absolute Gasteiger partial charge is 0.264 e. The molecule has 0 atom stereocenters. The number of nitrogens with zero attached hydrogens (tertiary/aromatic N) is 2. The summed E-state index contributed by atoms with van der Waals surface area (Å²) in [5, 5.41) is 2.85. The zero-order valence-corrected chi connectivity index (χ0v) is 21.3. The molecule has 0 saturated carbocycles. The van der Waals surface area contributed by atoms with Crippen LogP contribution in [0.15, 0.2) is 77.7 Å². The summed E-state index contributed by atoms with van der Waals surface area (Å²) in [5.41, 5.74) is 3.46. The summed E-state index contributed by atoms with van der Waals surface area (Å²) in [6.45, 7) is 5.02. The van der Waals surface area contributed by atoms with E-state index in [1.807, 2.05) is 43.3 Å². The third-order valence-corrected chi connectivity index (χ3v) is 7.85. The molecule has 3 aromatic rings. The highest BCUT2D eigenvalue weighted by Gasteiger charge is 2.27. The molecule has 190 valence electrons. The van der Waals surface area contributed by atoms with Gasteiger partial charge in [-0.25, -0.2) is 8.42 Å². The highest BCUT2D eigenvalue weighted by atomic mass is 32.2. The van der Waals surface area contributed by atoms with Gasteiger partial charge >= 0.3 is 0 Å². The second-order valence-corrected chi connectivity index (χ2v) is 10.4. The molecule has 0 spiro atoms. The van der Waals surface area contributed by atoms with Crippen LogP contribution in [0.4, 0.5) is 11.4 Å². The minimum atomic E-state index is -3.99. The number of anilines is 2. The highest BCUT2D eigenvalue weighted by Crippen LogP contribution is 2.25. The highest BCUT2D eigenvalue weighted by molar-refractivity contribution is 7.92. The standard InChI is InChI=1S/C27H31N3O5S/c1-21-3-7-24(8-4-21)30(36(32,33)26-13-11-25(34-2)12-14-26)20-27(31)28-19-22-5-9-23(10-6-22)29-15-17-35-18-16-29/h3-14H,15-20H2,1-2H3,(H,28,31). The van der Waals surface area contributed by atoms with Crippen LogP contribution in [-0.2, 0) is 26.1 Å². The fourth-order valence-corrected chi connectivity index (χ4v) is 5.36. The number of aryl methyl sites for hydroxylation is 1. The Morgan fingerprint density at radius 1 is 0.972 bits per heavy atom. The number of benzene rings is 3. The lowest BCUT2D eigenvalue weighted by Crippen LogP contribution is -2.40. The summed E-state index contributed by atoms with van der Waals surface area (Å²) >= 11 is 0. The summed E-state index contributed by atoms with van der Waals surface area (Å²) in [6, 6.07) is 21.2. The number of carbonyl (C=O) groups is 1. The quantitative estimate of drug-likeness (QED) is 0.476. The average Bonchev–Trinajstić information content (AvgIpc) is 2.92. The molecule has 1 fully saturated rings. The van der Waals surface area contributed by atoms with Gasteiger partial charge in [0.25, 0.3) is 10.0 Å². The Kier molecular flexibility index (Phi) is 8.12. The zero-order chi connectivity index (χ0) is 25.5. The lowest BCUT2D eigenvalue weighted by atomic mass is 10.2. The normalized spacial score (nSPS) is 13.8. The molecule has 3 aromatic carbocycles. The van der Waals surface area contributed by atoms with Crippen LogP contribution >= 0.6 is 0 Å². The monoisotopic (exact) mass is 509 g/mol. The summed E-state index contributed by atoms with van der Waals surface area (Å²) in [7, 11) is -2.47. The molecule has 0 unspecified atom stereocenters. The van der Waals surface area contributed by atoms with Crippen LogP contribution in [0, 0.1) is 6.92 Å². The minimum absolute atomic E-state index is 0.0791. The van der Waals surface area contributed by atoms with Crippen LogP contribution in [0.1, 0.15) is 11.1 Å². The molecule has 1 heterocycles. The second kappa shape index (κ2) is 11.5. The van der Waals surface area contributed by atoms with Gasteiger partial charge in [0.15, 0.2) is 0 Å². The van der Waals surface area contributed by atoms with Crippen molar-refractivity contribution in [3.63, 3.8) is 0 Å². The van der Waals surface area contributed by atoms with Gasteiger partial charge < -0.3 is 19.7 Å². The van der Waals surface area contributed by atoms with E-state index in [2.05, 4.69) is 10.2 Å². The van der Waals surface area contributed by atoms with Gasteiger partial charge in [0.1, 0.15) is 12.3 Å². The van der Waals surface area contributed by atoms with E-state index in [4.69, 9.17) is 9.47 Å². The summed E-state index contributed by atoms with van der Waals surface area (Å²) in [4.78, 5) is 15.2. The number of rotatable bonds is 9. The first-order valence-corrected chi connectivity index (χ1v) is 13.2. The predicted molar refractivity (Wildman–Crippen MR) is 140 cm³/mol. The van der Waals surface area contributed by atoms with Crippen molar-refractivity contribution in [1.29, 1.82) is 0 Å². The van der Waals surface area contributed by atoms with Crippen LogP contribution in [0.25, 0.3) is 0 Å². The largest absolute Gasteiger partial charge is 0.497 e. The number of methoxy groups -OCH3 is 1.